The normalized spacial score (nSPS) is 10.2. The number of nitrogens with one attached hydrogen (secondary N) is 2. The van der Waals surface area contributed by atoms with E-state index >= 15 is 0 Å². The highest BCUT2D eigenvalue weighted by molar-refractivity contribution is 6.06. The highest BCUT2D eigenvalue weighted by atomic mass is 16.5. The number of hydrogen-bond acceptors (Lipinski definition) is 4. The Kier molecular flexibility index (Phi) is 4.00. The maximum Gasteiger partial charge on any atom is 0.261 e. The fourth-order valence-electron chi connectivity index (χ4n) is 2.39. The van der Waals surface area contributed by atoms with Crippen molar-refractivity contribution in [1.29, 1.82) is 5.26 Å². The topological polar surface area (TPSA) is 95.0 Å². The zero-order valence-corrected chi connectivity index (χ0v) is 12.8. The van der Waals surface area contributed by atoms with E-state index < -0.39 is 5.91 Å². The number of carbonyl (C=O) groups is 1. The third kappa shape index (κ3) is 2.71. The van der Waals surface area contributed by atoms with Crippen LogP contribution in [0.5, 0.6) is 5.75 Å². The van der Waals surface area contributed by atoms with Gasteiger partial charge in [-0.15, -0.1) is 0 Å². The Balaban J connectivity index is 1.97. The van der Waals surface area contributed by atoms with Gasteiger partial charge in [-0.1, -0.05) is 6.07 Å². The molecule has 2 N–H and O–H groups in total. The van der Waals surface area contributed by atoms with Crippen LogP contribution in [0.25, 0.3) is 10.9 Å². The van der Waals surface area contributed by atoms with Crippen molar-refractivity contribution in [2.75, 3.05) is 12.4 Å². The molecule has 1 heterocycles. The molecule has 1 aromatic heterocycles. The second-order valence-electron chi connectivity index (χ2n) is 5.06. The first kappa shape index (κ1) is 15.3. The number of rotatable bonds is 3. The maximum atomic E-state index is 12.5. The van der Waals surface area contributed by atoms with Crippen molar-refractivity contribution in [1.82, 2.24) is 4.98 Å². The largest absolute Gasteiger partial charge is 0.495 e. The monoisotopic (exact) mass is 319 g/mol. The second-order valence-corrected chi connectivity index (χ2v) is 5.06. The van der Waals surface area contributed by atoms with Crippen molar-refractivity contribution >= 4 is 22.5 Å². The van der Waals surface area contributed by atoms with Crippen LogP contribution < -0.4 is 15.5 Å². The Labute approximate surface area is 137 Å². The quantitative estimate of drug-likeness (QED) is 0.776. The molecule has 0 atom stereocenters. The van der Waals surface area contributed by atoms with Crippen LogP contribution in [0, 0.1) is 11.3 Å². The third-order valence-electron chi connectivity index (χ3n) is 3.61. The van der Waals surface area contributed by atoms with Crippen molar-refractivity contribution in [3.05, 3.63) is 70.0 Å². The van der Waals surface area contributed by atoms with Gasteiger partial charge in [0, 0.05) is 11.9 Å². The lowest BCUT2D eigenvalue weighted by Crippen LogP contribution is -2.22. The van der Waals surface area contributed by atoms with Crippen LogP contribution in [0.3, 0.4) is 0 Å². The summed E-state index contributed by atoms with van der Waals surface area (Å²) in [5, 5.41) is 11.8. The van der Waals surface area contributed by atoms with Crippen LogP contribution >= 0.6 is 0 Å². The van der Waals surface area contributed by atoms with E-state index in [4.69, 9.17) is 10.00 Å². The number of para-hydroxylation sites is 1. The lowest BCUT2D eigenvalue weighted by molar-refractivity contribution is 0.102. The number of nitriles is 1. The van der Waals surface area contributed by atoms with Crippen molar-refractivity contribution < 1.29 is 9.53 Å². The van der Waals surface area contributed by atoms with Crippen LogP contribution in [0.1, 0.15) is 15.9 Å². The highest BCUT2D eigenvalue weighted by Gasteiger charge is 2.14. The molecule has 0 aliphatic carbocycles. The van der Waals surface area contributed by atoms with Crippen molar-refractivity contribution in [3.8, 4) is 11.8 Å². The van der Waals surface area contributed by atoms with Gasteiger partial charge in [0.25, 0.3) is 5.91 Å². The summed E-state index contributed by atoms with van der Waals surface area (Å²) in [6.45, 7) is 0. The van der Waals surface area contributed by atoms with Gasteiger partial charge in [0.2, 0.25) is 5.43 Å². The van der Waals surface area contributed by atoms with E-state index in [1.807, 2.05) is 6.07 Å². The summed E-state index contributed by atoms with van der Waals surface area (Å²) in [6, 6.07) is 13.4. The SMILES string of the molecule is COc1cccc2c(=O)c(C(=O)Nc3ccc(C#N)cc3)c[nH]c12. The van der Waals surface area contributed by atoms with E-state index in [9.17, 15) is 9.59 Å². The first-order valence-corrected chi connectivity index (χ1v) is 7.14. The van der Waals surface area contributed by atoms with E-state index in [1.165, 1.54) is 13.3 Å². The van der Waals surface area contributed by atoms with Crippen molar-refractivity contribution in [2.45, 2.75) is 0 Å². The molecule has 24 heavy (non-hydrogen) atoms. The van der Waals surface area contributed by atoms with E-state index in [0.29, 0.717) is 27.9 Å². The number of pyridine rings is 1. The third-order valence-corrected chi connectivity index (χ3v) is 3.61. The number of fused-ring (bicyclic) bond motifs is 1. The number of carbonyl (C=O) groups excluding carboxylic acids is 1. The van der Waals surface area contributed by atoms with Crippen LogP contribution in [-0.4, -0.2) is 18.0 Å². The summed E-state index contributed by atoms with van der Waals surface area (Å²) < 4.78 is 5.20. The number of anilines is 1. The molecule has 6 heteroatoms. The van der Waals surface area contributed by atoms with Crippen molar-refractivity contribution in [2.24, 2.45) is 0 Å². The maximum absolute atomic E-state index is 12.5. The second kappa shape index (κ2) is 6.26. The Morgan fingerprint density at radius 2 is 1.96 bits per heavy atom. The van der Waals surface area contributed by atoms with Gasteiger partial charge in [-0.05, 0) is 36.4 Å². The molecule has 0 saturated carbocycles. The summed E-state index contributed by atoms with van der Waals surface area (Å²) >= 11 is 0. The van der Waals surface area contributed by atoms with Crippen LogP contribution in [0.4, 0.5) is 5.69 Å². The van der Waals surface area contributed by atoms with E-state index in [1.54, 1.807) is 42.5 Å². The number of aromatic amines is 1. The number of ether oxygens (including phenoxy) is 1. The molecular formula is C18H13N3O3. The molecule has 0 bridgehead atoms. The molecule has 0 spiro atoms. The number of nitrogens with zero attached hydrogens (tertiary/aromatic N) is 1. The predicted octanol–water partition coefficient (Wildman–Crippen LogP) is 2.66. The fraction of sp³-hybridized carbons (Fsp3) is 0.0556. The molecule has 0 unspecified atom stereocenters. The molecular weight excluding hydrogens is 306 g/mol. The molecule has 0 aliphatic heterocycles. The van der Waals surface area contributed by atoms with Gasteiger partial charge in [0.15, 0.2) is 0 Å². The highest BCUT2D eigenvalue weighted by Crippen LogP contribution is 2.21. The minimum absolute atomic E-state index is 0.000104. The smallest absolute Gasteiger partial charge is 0.261 e. The molecule has 3 rings (SSSR count). The lowest BCUT2D eigenvalue weighted by atomic mass is 10.1. The molecule has 2 aromatic carbocycles. The van der Waals surface area contributed by atoms with Gasteiger partial charge >= 0.3 is 0 Å². The molecule has 6 nitrogen and oxygen atoms in total. The standard InChI is InChI=1S/C18H13N3O3/c1-24-15-4-2-3-13-16(15)20-10-14(17(13)22)18(23)21-12-7-5-11(9-19)6-8-12/h2-8,10H,1H3,(H,20,22)(H,21,23). The number of amides is 1. The van der Waals surface area contributed by atoms with Crippen LogP contribution in [-0.2, 0) is 0 Å². The minimum Gasteiger partial charge on any atom is -0.495 e. The number of benzene rings is 2. The van der Waals surface area contributed by atoms with Gasteiger partial charge in [-0.2, -0.15) is 5.26 Å². The zero-order valence-electron chi connectivity index (χ0n) is 12.8. The number of hydrogen-bond donors (Lipinski definition) is 2. The summed E-state index contributed by atoms with van der Waals surface area (Å²) in [4.78, 5) is 27.8. The Morgan fingerprint density at radius 3 is 2.62 bits per heavy atom. The number of aromatic nitrogens is 1. The Hall–Kier alpha value is -3.59. The molecule has 3 aromatic rings. The lowest BCUT2D eigenvalue weighted by Gasteiger charge is -2.08. The molecule has 0 aliphatic rings. The summed E-state index contributed by atoms with van der Waals surface area (Å²) in [6.07, 6.45) is 1.37. The zero-order chi connectivity index (χ0) is 17.1. The minimum atomic E-state index is -0.523. The first-order chi connectivity index (χ1) is 11.6. The van der Waals surface area contributed by atoms with Gasteiger partial charge in [0.1, 0.15) is 11.3 Å². The van der Waals surface area contributed by atoms with Crippen LogP contribution in [0.15, 0.2) is 53.5 Å². The van der Waals surface area contributed by atoms with Gasteiger partial charge < -0.3 is 15.0 Å². The first-order valence-electron chi connectivity index (χ1n) is 7.14. The van der Waals surface area contributed by atoms with Crippen LogP contribution in [0.2, 0.25) is 0 Å². The molecule has 0 fully saturated rings. The van der Waals surface area contributed by atoms with Gasteiger partial charge in [-0.25, -0.2) is 0 Å². The molecule has 1 amide bonds. The number of methoxy groups -OCH3 is 1. The van der Waals surface area contributed by atoms with E-state index in [-0.39, 0.29) is 11.0 Å². The molecule has 0 radical (unpaired) electrons. The summed E-state index contributed by atoms with van der Waals surface area (Å²) in [5.74, 6) is 0.00864. The van der Waals surface area contributed by atoms with Gasteiger partial charge in [-0.3, -0.25) is 9.59 Å². The van der Waals surface area contributed by atoms with Crippen molar-refractivity contribution in [3.63, 3.8) is 0 Å². The van der Waals surface area contributed by atoms with Gasteiger partial charge in [0.05, 0.1) is 29.6 Å². The fourth-order valence-corrected chi connectivity index (χ4v) is 2.39. The Bertz CT molecular complexity index is 1010. The summed E-state index contributed by atoms with van der Waals surface area (Å²) in [7, 11) is 1.51. The molecule has 118 valence electrons. The van der Waals surface area contributed by atoms with E-state index in [2.05, 4.69) is 10.3 Å². The predicted molar refractivity (Wildman–Crippen MR) is 90.2 cm³/mol. The Morgan fingerprint density at radius 1 is 1.21 bits per heavy atom. The average molecular weight is 319 g/mol. The molecule has 0 saturated heterocycles. The number of H-pyrrole nitrogens is 1. The van der Waals surface area contributed by atoms with E-state index in [0.717, 1.165) is 0 Å². The summed E-state index contributed by atoms with van der Waals surface area (Å²) in [5.41, 5.74) is 1.15. The average Bonchev–Trinajstić information content (AvgIpc) is 2.62.